The largest absolute Gasteiger partial charge is 0.497 e. The molecule has 0 spiro atoms. The summed E-state index contributed by atoms with van der Waals surface area (Å²) in [4.78, 5) is 27.8. The molecule has 3 atom stereocenters. The lowest BCUT2D eigenvalue weighted by atomic mass is 9.90. The smallest absolute Gasteiger partial charge is 0.417 e. The van der Waals surface area contributed by atoms with Crippen LogP contribution in [-0.2, 0) is 27.3 Å². The average Bonchev–Trinajstić information content (AvgIpc) is 3.29. The number of benzene rings is 2. The summed E-state index contributed by atoms with van der Waals surface area (Å²) in [5.74, 6) is 0.327. The molecule has 2 aromatic carbocycles. The van der Waals surface area contributed by atoms with Crippen LogP contribution in [0.5, 0.6) is 5.75 Å². The third-order valence-corrected chi connectivity index (χ3v) is 6.98. The Labute approximate surface area is 232 Å². The van der Waals surface area contributed by atoms with Crippen molar-refractivity contribution in [3.8, 4) is 5.75 Å². The molecule has 7 nitrogen and oxygen atoms in total. The quantitative estimate of drug-likeness (QED) is 0.234. The van der Waals surface area contributed by atoms with Gasteiger partial charge in [0.2, 0.25) is 5.91 Å². The molecule has 0 aromatic heterocycles. The number of hydrogen-bond donors (Lipinski definition) is 1. The number of carbonyl (C=O) groups excluding carboxylic acids is 2. The van der Waals surface area contributed by atoms with Crippen LogP contribution in [0.2, 0.25) is 0 Å². The Kier molecular flexibility index (Phi) is 11.2. The molecule has 0 radical (unpaired) electrons. The Morgan fingerprint density at radius 1 is 1.15 bits per heavy atom. The van der Waals surface area contributed by atoms with E-state index < -0.39 is 24.2 Å². The highest BCUT2D eigenvalue weighted by molar-refractivity contribution is 5.96. The van der Waals surface area contributed by atoms with Crippen molar-refractivity contribution in [2.24, 2.45) is 11.8 Å². The molecule has 2 aromatic rings. The summed E-state index contributed by atoms with van der Waals surface area (Å²) < 4.78 is 16.2. The van der Waals surface area contributed by atoms with Gasteiger partial charge in [0.1, 0.15) is 30.8 Å². The number of allylic oxidation sites excluding steroid dienone is 1. The van der Waals surface area contributed by atoms with Crippen molar-refractivity contribution in [3.05, 3.63) is 89.7 Å². The van der Waals surface area contributed by atoms with Gasteiger partial charge in [-0.3, -0.25) is 4.79 Å². The summed E-state index contributed by atoms with van der Waals surface area (Å²) in [6.45, 7) is 10.4. The number of hydrogen-bond acceptors (Lipinski definition) is 6. The van der Waals surface area contributed by atoms with Crippen molar-refractivity contribution in [2.75, 3.05) is 13.7 Å². The summed E-state index contributed by atoms with van der Waals surface area (Å²) in [5.41, 5.74) is 2.71. The van der Waals surface area contributed by atoms with E-state index in [0.717, 1.165) is 35.3 Å². The molecule has 1 N–H and O–H groups in total. The van der Waals surface area contributed by atoms with Crippen molar-refractivity contribution in [2.45, 2.75) is 65.2 Å². The highest BCUT2D eigenvalue weighted by Crippen LogP contribution is 2.28. The zero-order valence-electron chi connectivity index (χ0n) is 23.5. The Morgan fingerprint density at radius 2 is 1.85 bits per heavy atom. The molecular weight excluding hydrogens is 494 g/mol. The van der Waals surface area contributed by atoms with Gasteiger partial charge in [0.15, 0.2) is 0 Å². The lowest BCUT2D eigenvalue weighted by Crippen LogP contribution is -2.44. The normalized spacial score (nSPS) is 17.1. The van der Waals surface area contributed by atoms with Crippen LogP contribution in [0.4, 0.5) is 4.79 Å². The third-order valence-electron chi connectivity index (χ3n) is 6.98. The fourth-order valence-electron chi connectivity index (χ4n) is 4.55. The summed E-state index contributed by atoms with van der Waals surface area (Å²) >= 11 is 0. The molecule has 7 heteroatoms. The van der Waals surface area contributed by atoms with Gasteiger partial charge in [0.05, 0.1) is 19.1 Å². The minimum Gasteiger partial charge on any atom is -0.497 e. The number of carbonyl (C=O) groups is 2. The molecule has 0 saturated carbocycles. The number of aliphatic hydroxyl groups is 1. The first-order valence-electron chi connectivity index (χ1n) is 13.5. The van der Waals surface area contributed by atoms with Crippen LogP contribution in [0.25, 0.3) is 0 Å². The monoisotopic (exact) mass is 535 g/mol. The number of aliphatic hydroxyl groups excluding tert-OH is 1. The van der Waals surface area contributed by atoms with E-state index in [1.54, 1.807) is 7.11 Å². The molecule has 1 aliphatic rings. The Hall–Kier alpha value is -3.58. The number of rotatable bonds is 14. The minimum atomic E-state index is -1.10. The molecule has 1 fully saturated rings. The maximum atomic E-state index is 13.9. The van der Waals surface area contributed by atoms with Crippen LogP contribution in [0.1, 0.15) is 51.2 Å². The Balaban J connectivity index is 1.74. The molecule has 1 saturated heterocycles. The van der Waals surface area contributed by atoms with Gasteiger partial charge in [-0.1, -0.05) is 74.5 Å². The molecule has 39 heavy (non-hydrogen) atoms. The van der Waals surface area contributed by atoms with Crippen LogP contribution in [0.15, 0.2) is 78.6 Å². The van der Waals surface area contributed by atoms with Gasteiger partial charge in [-0.05, 0) is 61.8 Å². The van der Waals surface area contributed by atoms with Crippen LogP contribution in [0, 0.1) is 11.8 Å². The average molecular weight is 536 g/mol. The van der Waals surface area contributed by atoms with E-state index in [-0.39, 0.29) is 31.3 Å². The van der Waals surface area contributed by atoms with Crippen molar-refractivity contribution in [3.63, 3.8) is 0 Å². The van der Waals surface area contributed by atoms with Gasteiger partial charge < -0.3 is 19.3 Å². The third kappa shape index (κ3) is 8.72. The fraction of sp³-hybridized carbons (Fsp3) is 0.438. The lowest BCUT2D eigenvalue weighted by Gasteiger charge is -2.27. The molecule has 3 rings (SSSR count). The summed E-state index contributed by atoms with van der Waals surface area (Å²) in [6, 6.07) is 16.7. The standard InChI is InChI=1S/C32H41NO6/c1-22(2)10-9-11-23(3)29(19-30(34)24(4)38-20-26-14-16-28(37-5)17-15-26)31(35)33-27(21-39-32(33)36)18-25-12-7-6-8-13-25/h6-8,11-17,22,27,29-30,34H,4,9-10,18-21H2,1-3,5H3/t27-,29+,30-/m1/s1. The summed E-state index contributed by atoms with van der Waals surface area (Å²) in [7, 11) is 1.60. The number of nitrogens with zero attached hydrogens (tertiary/aromatic N) is 1. The first-order valence-corrected chi connectivity index (χ1v) is 13.5. The van der Waals surface area contributed by atoms with Crippen molar-refractivity contribution >= 4 is 12.0 Å². The molecule has 0 aliphatic carbocycles. The summed E-state index contributed by atoms with van der Waals surface area (Å²) in [6.07, 6.45) is 2.61. The summed E-state index contributed by atoms with van der Waals surface area (Å²) in [5, 5.41) is 11.0. The van der Waals surface area contributed by atoms with Crippen LogP contribution in [0.3, 0.4) is 0 Å². The highest BCUT2D eigenvalue weighted by atomic mass is 16.6. The lowest BCUT2D eigenvalue weighted by molar-refractivity contribution is -0.133. The van der Waals surface area contributed by atoms with Gasteiger partial charge in [0, 0.05) is 0 Å². The molecule has 210 valence electrons. The van der Waals surface area contributed by atoms with Crippen LogP contribution < -0.4 is 4.74 Å². The first kappa shape index (κ1) is 30.0. The maximum absolute atomic E-state index is 13.9. The maximum Gasteiger partial charge on any atom is 0.417 e. The molecule has 1 heterocycles. The van der Waals surface area contributed by atoms with Gasteiger partial charge in [-0.15, -0.1) is 0 Å². The van der Waals surface area contributed by atoms with E-state index in [2.05, 4.69) is 20.4 Å². The zero-order valence-corrected chi connectivity index (χ0v) is 23.5. The predicted molar refractivity (Wildman–Crippen MR) is 151 cm³/mol. The Morgan fingerprint density at radius 3 is 2.49 bits per heavy atom. The van der Waals surface area contributed by atoms with Gasteiger partial charge in [-0.2, -0.15) is 0 Å². The SMILES string of the molecule is C=C(OCc1ccc(OC)cc1)[C@H](O)C[C@H](C(=O)N1C(=O)OC[C@H]1Cc1ccccc1)C(C)=CCCC(C)C. The van der Waals surface area contributed by atoms with Crippen molar-refractivity contribution in [1.82, 2.24) is 4.90 Å². The van der Waals surface area contributed by atoms with E-state index in [9.17, 15) is 14.7 Å². The van der Waals surface area contributed by atoms with Crippen LogP contribution in [-0.4, -0.2) is 47.9 Å². The highest BCUT2D eigenvalue weighted by Gasteiger charge is 2.41. The second-order valence-electron chi connectivity index (χ2n) is 10.5. The van der Waals surface area contributed by atoms with E-state index in [4.69, 9.17) is 14.2 Å². The number of amides is 2. The number of cyclic esters (lactones) is 1. The van der Waals surface area contributed by atoms with Gasteiger partial charge in [-0.25, -0.2) is 9.69 Å². The second kappa shape index (κ2) is 14.5. The zero-order chi connectivity index (χ0) is 28.4. The fourth-order valence-corrected chi connectivity index (χ4v) is 4.55. The van der Waals surface area contributed by atoms with Crippen LogP contribution >= 0.6 is 0 Å². The predicted octanol–water partition coefficient (Wildman–Crippen LogP) is 6.07. The first-order chi connectivity index (χ1) is 18.7. The van der Waals surface area contributed by atoms with E-state index in [1.807, 2.05) is 67.6 Å². The molecule has 1 aliphatic heterocycles. The molecular formula is C32H41NO6. The molecule has 0 bridgehead atoms. The Bertz CT molecular complexity index is 1130. The second-order valence-corrected chi connectivity index (χ2v) is 10.5. The topological polar surface area (TPSA) is 85.3 Å². The van der Waals surface area contributed by atoms with Crippen molar-refractivity contribution in [1.29, 1.82) is 0 Å². The van der Waals surface area contributed by atoms with E-state index >= 15 is 0 Å². The number of methoxy groups -OCH3 is 1. The van der Waals surface area contributed by atoms with Gasteiger partial charge in [0.25, 0.3) is 0 Å². The number of ether oxygens (including phenoxy) is 3. The van der Waals surface area contributed by atoms with E-state index in [1.165, 1.54) is 4.90 Å². The van der Waals surface area contributed by atoms with Crippen molar-refractivity contribution < 1.29 is 28.9 Å². The molecule has 0 unspecified atom stereocenters. The number of imide groups is 1. The molecule has 2 amide bonds. The van der Waals surface area contributed by atoms with Gasteiger partial charge >= 0.3 is 6.09 Å². The minimum absolute atomic E-state index is 0.0477. The van der Waals surface area contributed by atoms with E-state index in [0.29, 0.717) is 12.3 Å².